The van der Waals surface area contributed by atoms with Gasteiger partial charge in [0.1, 0.15) is 0 Å². The maximum atomic E-state index is 2.66. The number of benzene rings is 17. The Labute approximate surface area is 662 Å². The molecule has 0 heterocycles. The van der Waals surface area contributed by atoms with E-state index < -0.39 is 0 Å². The minimum Gasteiger partial charge on any atom is -0.0622 e. The smallest absolute Gasteiger partial charge is 0.0272 e. The fourth-order valence-corrected chi connectivity index (χ4v) is 27.1. The highest BCUT2D eigenvalue weighted by Gasteiger charge is 2.63. The molecule has 8 fully saturated rings. The average Bonchev–Trinajstić information content (AvgIpc) is 1.56. The van der Waals surface area contributed by atoms with Crippen LogP contribution >= 0.6 is 0 Å². The molecule has 0 heteroatoms. The van der Waals surface area contributed by atoms with Crippen molar-refractivity contribution < 1.29 is 0 Å². The van der Waals surface area contributed by atoms with Crippen LogP contribution in [0.2, 0.25) is 0 Å². The molecule has 28 rings (SSSR count). The van der Waals surface area contributed by atoms with Crippen molar-refractivity contribution in [2.75, 3.05) is 0 Å². The molecule has 8 saturated carbocycles. The molecule has 17 aromatic rings. The second-order valence-electron chi connectivity index (χ2n) is 36.4. The summed E-state index contributed by atoms with van der Waals surface area (Å²) in [5, 5.41) is 15.7. The van der Waals surface area contributed by atoms with Gasteiger partial charge in [-0.2, -0.15) is 0 Å². The van der Waals surface area contributed by atoms with Gasteiger partial charge in [0.25, 0.3) is 0 Å². The van der Waals surface area contributed by atoms with Gasteiger partial charge in [-0.05, 0) is 328 Å². The van der Waals surface area contributed by atoms with E-state index in [0.717, 1.165) is 47.3 Å². The van der Waals surface area contributed by atoms with E-state index in [4.69, 9.17) is 0 Å². The second kappa shape index (κ2) is 24.2. The van der Waals surface area contributed by atoms with Gasteiger partial charge in [-0.25, -0.2) is 0 Å². The van der Waals surface area contributed by atoms with E-state index in [1.807, 2.05) is 0 Å². The minimum atomic E-state index is -0.0623. The molecular formula is C113H88. The van der Waals surface area contributed by atoms with Gasteiger partial charge in [0.05, 0.1) is 0 Å². The monoisotopic (exact) mass is 1440 g/mol. The highest BCUT2D eigenvalue weighted by atomic mass is 14.7. The summed E-state index contributed by atoms with van der Waals surface area (Å²) in [6, 6.07) is 126. The Balaban J connectivity index is 0.000000129. The molecule has 0 N–H and O–H groups in total. The normalized spacial score (nSPS) is 23.6. The molecule has 0 radical (unpaired) electrons. The van der Waals surface area contributed by atoms with E-state index in [9.17, 15) is 0 Å². The van der Waals surface area contributed by atoms with Crippen molar-refractivity contribution in [2.24, 2.45) is 47.3 Å². The van der Waals surface area contributed by atoms with E-state index in [1.54, 1.807) is 22.3 Å². The predicted molar refractivity (Wildman–Crippen MR) is 475 cm³/mol. The minimum absolute atomic E-state index is 0.0623. The van der Waals surface area contributed by atoms with Crippen LogP contribution in [0.4, 0.5) is 0 Å². The van der Waals surface area contributed by atoms with Crippen molar-refractivity contribution in [2.45, 2.75) is 94.3 Å². The first-order chi connectivity index (χ1) is 55.7. The van der Waals surface area contributed by atoms with Crippen LogP contribution in [0.25, 0.3) is 165 Å². The Hall–Kier alpha value is -11.7. The first kappa shape index (κ1) is 64.9. The highest BCUT2D eigenvalue weighted by molar-refractivity contribution is 6.26. The molecule has 17 aromatic carbocycles. The van der Waals surface area contributed by atoms with Crippen LogP contribution in [-0.2, 0) is 16.2 Å². The van der Waals surface area contributed by atoms with Gasteiger partial charge in [0.15, 0.2) is 0 Å². The van der Waals surface area contributed by atoms with E-state index in [2.05, 4.69) is 341 Å². The van der Waals surface area contributed by atoms with Gasteiger partial charge < -0.3 is 0 Å². The Bertz CT molecular complexity index is 6760. The van der Waals surface area contributed by atoms with Gasteiger partial charge in [0.2, 0.25) is 0 Å². The summed E-state index contributed by atoms with van der Waals surface area (Å²) in [5.74, 6) is 6.79. The van der Waals surface area contributed by atoms with Crippen molar-refractivity contribution in [3.05, 3.63) is 361 Å². The number of rotatable bonds is 6. The van der Waals surface area contributed by atoms with Crippen LogP contribution in [0, 0.1) is 47.3 Å². The maximum Gasteiger partial charge on any atom is 0.0272 e. The van der Waals surface area contributed by atoms with E-state index >= 15 is 0 Å². The summed E-state index contributed by atoms with van der Waals surface area (Å²) < 4.78 is 0. The summed E-state index contributed by atoms with van der Waals surface area (Å²) >= 11 is 0. The third-order valence-corrected chi connectivity index (χ3v) is 30.9. The van der Waals surface area contributed by atoms with Gasteiger partial charge in [-0.15, -0.1) is 0 Å². The zero-order valence-corrected chi connectivity index (χ0v) is 64.4. The van der Waals surface area contributed by atoms with Crippen LogP contribution in [-0.4, -0.2) is 0 Å². The molecule has 0 amide bonds. The second-order valence-corrected chi connectivity index (χ2v) is 36.4. The molecule has 0 unspecified atom stereocenters. The fraction of sp³-hybridized carbons (Fsp3) is 0.204. The van der Waals surface area contributed by atoms with E-state index in [0.29, 0.717) is 0 Å². The summed E-state index contributed by atoms with van der Waals surface area (Å²) in [5.41, 5.74) is 34.1. The topological polar surface area (TPSA) is 0 Å². The molecule has 0 nitrogen and oxygen atoms in total. The Morgan fingerprint density at radius 2 is 0.434 bits per heavy atom. The highest BCUT2D eigenvalue weighted by Crippen LogP contribution is 2.72. The van der Waals surface area contributed by atoms with Crippen molar-refractivity contribution >= 4 is 64.6 Å². The zero-order chi connectivity index (χ0) is 74.2. The lowest BCUT2D eigenvalue weighted by atomic mass is 9.43. The summed E-state index contributed by atoms with van der Waals surface area (Å²) in [7, 11) is 0. The standard InChI is InChI=1S/C61H48.C52H40/c1-60(2)54-21-11-9-15-45(54)47-26-24-39(35-56(47)60)58-49-17-5-7-19-51(49)59(52-20-8-6-18-50(52)58)53-28-27-42(43-13-3-4-14-44(43)53)38-23-25-48-46-16-10-12-22-55(46)61(57(48)34-38)40-30-36-29-37(32-40)33-41(61)31-36;1-2-12-34(13-3-1)50-43-17-6-8-19-45(43)51(46-20-9-7-18-44(46)50)47-25-24-38(39-14-4-5-15-40(39)47)35-22-23-42-41-16-10-11-21-48(41)52(49(42)31-35)36-27-32-26-33(29-36)30-37(52)28-32/h3-28,34-37,40-41H,29-33H2,1-2H3;1-25,31-33,36-37H,26-30H2. The molecule has 0 saturated heterocycles. The maximum absolute atomic E-state index is 2.66. The molecule has 540 valence electrons. The third-order valence-electron chi connectivity index (χ3n) is 30.9. The van der Waals surface area contributed by atoms with Gasteiger partial charge in [-0.3, -0.25) is 0 Å². The van der Waals surface area contributed by atoms with Crippen molar-refractivity contribution in [3.8, 4) is 100 Å². The van der Waals surface area contributed by atoms with Crippen LogP contribution in [0.5, 0.6) is 0 Å². The SMILES string of the molecule is CC1(C)c2ccccc2-c2ccc(-c3c4ccccc4c(-c4ccc(-c5ccc6c(c5)C5(c7ccccc7-6)C6CC7CC(C6)CC5C7)c5ccccc45)c4ccccc34)cc21.c1ccc(-c2c3ccccc3c(-c3ccc(-c4ccc5c(c4)C4(c6ccccc6-5)C5CC6CC(C5)CC4C6)c4ccccc34)c3ccccc23)cc1. The predicted octanol–water partition coefficient (Wildman–Crippen LogP) is 30.0. The van der Waals surface area contributed by atoms with Crippen LogP contribution in [0.3, 0.4) is 0 Å². The lowest BCUT2D eigenvalue weighted by molar-refractivity contribution is -0.0399. The zero-order valence-electron chi connectivity index (χ0n) is 64.4. The van der Waals surface area contributed by atoms with E-state index in [-0.39, 0.29) is 16.2 Å². The Kier molecular flexibility index (Phi) is 13.9. The number of hydrogen-bond donors (Lipinski definition) is 0. The molecule has 113 heavy (non-hydrogen) atoms. The Morgan fingerprint density at radius 3 is 0.823 bits per heavy atom. The molecule has 0 aromatic heterocycles. The van der Waals surface area contributed by atoms with Crippen LogP contribution in [0.15, 0.2) is 328 Å². The largest absolute Gasteiger partial charge is 0.0622 e. The fourth-order valence-electron chi connectivity index (χ4n) is 27.1. The summed E-state index contributed by atoms with van der Waals surface area (Å²) in [4.78, 5) is 0. The first-order valence-corrected chi connectivity index (χ1v) is 42.5. The lowest BCUT2D eigenvalue weighted by Gasteiger charge is -2.61. The molecule has 0 atom stereocenters. The molecule has 11 aliphatic carbocycles. The average molecular weight is 1450 g/mol. The molecule has 2 spiro atoms. The molecular weight excluding hydrogens is 1360 g/mol. The van der Waals surface area contributed by atoms with Gasteiger partial charge in [0, 0.05) is 16.2 Å². The number of fused-ring (bicyclic) bond motifs is 15. The van der Waals surface area contributed by atoms with E-state index in [1.165, 1.54) is 240 Å². The van der Waals surface area contributed by atoms with Crippen molar-refractivity contribution in [1.29, 1.82) is 0 Å². The van der Waals surface area contributed by atoms with Gasteiger partial charge >= 0.3 is 0 Å². The molecule has 8 bridgehead atoms. The van der Waals surface area contributed by atoms with Crippen LogP contribution < -0.4 is 0 Å². The molecule has 0 aliphatic heterocycles. The van der Waals surface area contributed by atoms with Crippen LogP contribution in [0.1, 0.15) is 111 Å². The van der Waals surface area contributed by atoms with Crippen molar-refractivity contribution in [1.82, 2.24) is 0 Å². The quantitative estimate of drug-likeness (QED) is 0.146. The Morgan fingerprint density at radius 1 is 0.177 bits per heavy atom. The van der Waals surface area contributed by atoms with Crippen molar-refractivity contribution in [3.63, 3.8) is 0 Å². The number of hydrogen-bond acceptors (Lipinski definition) is 0. The lowest BCUT2D eigenvalue weighted by Crippen LogP contribution is -2.55. The first-order valence-electron chi connectivity index (χ1n) is 42.5. The summed E-state index contributed by atoms with van der Waals surface area (Å²) in [6.45, 7) is 4.77. The summed E-state index contributed by atoms with van der Waals surface area (Å²) in [6.07, 6.45) is 14.2. The molecule has 11 aliphatic rings. The third kappa shape index (κ3) is 8.99. The van der Waals surface area contributed by atoms with Gasteiger partial charge in [-0.1, -0.05) is 323 Å².